The number of hydrogen-bond donors (Lipinski definition) is 0. The van der Waals surface area contributed by atoms with Crippen LogP contribution in [0.1, 0.15) is 19.3 Å². The summed E-state index contributed by atoms with van der Waals surface area (Å²) in [5.41, 5.74) is -0.335. The molecule has 0 N–H and O–H groups in total. The highest BCUT2D eigenvalue weighted by Crippen LogP contribution is 2.40. The Labute approximate surface area is 85.5 Å². The van der Waals surface area contributed by atoms with E-state index >= 15 is 0 Å². The molecule has 1 heterocycles. The second kappa shape index (κ2) is 3.43. The van der Waals surface area contributed by atoms with E-state index in [1.807, 2.05) is 0 Å². The largest absolute Gasteiger partial charge is 0.345 e. The van der Waals surface area contributed by atoms with Gasteiger partial charge in [0.25, 0.3) is 5.92 Å². The van der Waals surface area contributed by atoms with Crippen LogP contribution in [0.4, 0.5) is 8.78 Å². The van der Waals surface area contributed by atoms with Gasteiger partial charge in [-0.3, -0.25) is 4.57 Å². The van der Waals surface area contributed by atoms with Gasteiger partial charge in [0, 0.05) is 19.4 Å². The lowest BCUT2D eigenvalue weighted by molar-refractivity contribution is -0.0436. The van der Waals surface area contributed by atoms with Crippen molar-refractivity contribution >= 4 is 0 Å². The Balaban J connectivity index is 2.16. The fraction of sp³-hybridized carbons (Fsp3) is 0.778. The van der Waals surface area contributed by atoms with Crippen LogP contribution in [0.5, 0.6) is 0 Å². The van der Waals surface area contributed by atoms with Gasteiger partial charge in [-0.15, -0.1) is 0 Å². The third-order valence-electron chi connectivity index (χ3n) is 2.94. The summed E-state index contributed by atoms with van der Waals surface area (Å²) in [7, 11) is 1.55. The first-order valence-electron chi connectivity index (χ1n) is 4.97. The average Bonchev–Trinajstić information content (AvgIpc) is 2.64. The minimum absolute atomic E-state index is 0.0205. The maximum Gasteiger partial charge on any atom is 0.345 e. The summed E-state index contributed by atoms with van der Waals surface area (Å²) in [6, 6.07) is 0. The summed E-state index contributed by atoms with van der Waals surface area (Å²) in [6.07, 6.45) is 2.27. The second-order valence-corrected chi connectivity index (χ2v) is 4.06. The van der Waals surface area contributed by atoms with Crippen LogP contribution >= 0.6 is 0 Å². The smallest absolute Gasteiger partial charge is 0.285 e. The van der Waals surface area contributed by atoms with Crippen LogP contribution in [0.15, 0.2) is 11.1 Å². The van der Waals surface area contributed by atoms with E-state index in [0.29, 0.717) is 12.8 Å². The molecule has 84 valence electrons. The molecule has 1 aromatic rings. The zero-order valence-corrected chi connectivity index (χ0v) is 8.49. The van der Waals surface area contributed by atoms with Crippen molar-refractivity contribution in [2.75, 3.05) is 0 Å². The second-order valence-electron chi connectivity index (χ2n) is 4.06. The summed E-state index contributed by atoms with van der Waals surface area (Å²) in [5.74, 6) is -3.39. The quantitative estimate of drug-likeness (QED) is 0.742. The van der Waals surface area contributed by atoms with E-state index < -0.39 is 11.8 Å². The zero-order chi connectivity index (χ0) is 11.1. The summed E-state index contributed by atoms with van der Waals surface area (Å²) < 4.78 is 29.0. The standard InChI is InChI=1S/C9H13F2N3O/c1-13-6-12-14(8(13)15)5-7-3-2-4-9(7,10)11/h6-7H,2-5H2,1H3. The molecule has 0 aliphatic heterocycles. The van der Waals surface area contributed by atoms with Crippen molar-refractivity contribution in [3.8, 4) is 0 Å². The Bertz CT molecular complexity index is 410. The molecule has 1 unspecified atom stereocenters. The van der Waals surface area contributed by atoms with Gasteiger partial charge in [0.1, 0.15) is 6.33 Å². The maximum atomic E-state index is 13.3. The molecule has 1 aliphatic rings. The molecule has 1 aromatic heterocycles. The Morgan fingerprint density at radius 1 is 1.67 bits per heavy atom. The van der Waals surface area contributed by atoms with Gasteiger partial charge in [0.05, 0.1) is 6.54 Å². The first kappa shape index (κ1) is 10.3. The van der Waals surface area contributed by atoms with Gasteiger partial charge in [-0.05, 0) is 12.8 Å². The van der Waals surface area contributed by atoms with E-state index in [1.54, 1.807) is 7.05 Å². The lowest BCUT2D eigenvalue weighted by Crippen LogP contribution is -2.32. The third kappa shape index (κ3) is 1.80. The zero-order valence-electron chi connectivity index (χ0n) is 8.49. The predicted molar refractivity (Wildman–Crippen MR) is 49.8 cm³/mol. The fourth-order valence-corrected chi connectivity index (χ4v) is 1.98. The number of alkyl halides is 2. The molecule has 6 heteroatoms. The van der Waals surface area contributed by atoms with Crippen molar-refractivity contribution in [3.05, 3.63) is 16.8 Å². The van der Waals surface area contributed by atoms with Gasteiger partial charge in [-0.25, -0.2) is 18.3 Å². The monoisotopic (exact) mass is 217 g/mol. The van der Waals surface area contributed by atoms with E-state index in [1.165, 1.54) is 10.9 Å². The highest BCUT2D eigenvalue weighted by Gasteiger charge is 2.44. The number of rotatable bonds is 2. The van der Waals surface area contributed by atoms with Gasteiger partial charge in [-0.1, -0.05) is 0 Å². The Hall–Kier alpha value is -1.20. The van der Waals surface area contributed by atoms with E-state index in [2.05, 4.69) is 5.10 Å². The highest BCUT2D eigenvalue weighted by atomic mass is 19.3. The number of hydrogen-bond acceptors (Lipinski definition) is 2. The molecule has 0 saturated heterocycles. The van der Waals surface area contributed by atoms with Gasteiger partial charge in [0.15, 0.2) is 0 Å². The average molecular weight is 217 g/mol. The maximum absolute atomic E-state index is 13.3. The number of aryl methyl sites for hydroxylation is 1. The lowest BCUT2D eigenvalue weighted by atomic mass is 10.1. The van der Waals surface area contributed by atoms with Gasteiger partial charge in [-0.2, -0.15) is 5.10 Å². The van der Waals surface area contributed by atoms with Crippen LogP contribution in [0, 0.1) is 5.92 Å². The van der Waals surface area contributed by atoms with Gasteiger partial charge < -0.3 is 0 Å². The van der Waals surface area contributed by atoms with Crippen molar-refractivity contribution in [1.29, 1.82) is 0 Å². The van der Waals surface area contributed by atoms with Crippen LogP contribution < -0.4 is 5.69 Å². The van der Waals surface area contributed by atoms with Crippen LogP contribution in [-0.2, 0) is 13.6 Å². The molecule has 1 fully saturated rings. The molecule has 1 atom stereocenters. The van der Waals surface area contributed by atoms with Gasteiger partial charge >= 0.3 is 5.69 Å². The van der Waals surface area contributed by atoms with E-state index in [9.17, 15) is 13.6 Å². The summed E-state index contributed by atoms with van der Waals surface area (Å²) in [5, 5.41) is 3.78. The topological polar surface area (TPSA) is 39.8 Å². The van der Waals surface area contributed by atoms with Crippen molar-refractivity contribution in [2.45, 2.75) is 31.7 Å². The molecule has 0 spiro atoms. The SMILES string of the molecule is Cn1cnn(CC2CCCC2(F)F)c1=O. The Morgan fingerprint density at radius 3 is 2.87 bits per heavy atom. The number of nitrogens with zero attached hydrogens (tertiary/aromatic N) is 3. The molecular formula is C9H13F2N3O. The normalized spacial score (nSPS) is 24.6. The van der Waals surface area contributed by atoms with E-state index in [-0.39, 0.29) is 18.7 Å². The molecule has 4 nitrogen and oxygen atoms in total. The third-order valence-corrected chi connectivity index (χ3v) is 2.94. The Morgan fingerprint density at radius 2 is 2.40 bits per heavy atom. The van der Waals surface area contributed by atoms with Crippen molar-refractivity contribution in [1.82, 2.24) is 14.3 Å². The molecule has 0 aromatic carbocycles. The van der Waals surface area contributed by atoms with Crippen LogP contribution in [0.25, 0.3) is 0 Å². The minimum atomic E-state index is -2.64. The first-order valence-corrected chi connectivity index (χ1v) is 4.97. The lowest BCUT2D eigenvalue weighted by Gasteiger charge is -2.17. The molecule has 1 saturated carbocycles. The van der Waals surface area contributed by atoms with E-state index in [4.69, 9.17) is 0 Å². The number of aromatic nitrogens is 3. The molecule has 0 bridgehead atoms. The van der Waals surface area contributed by atoms with Crippen molar-refractivity contribution in [2.24, 2.45) is 13.0 Å². The molecule has 2 rings (SSSR count). The molecule has 1 aliphatic carbocycles. The summed E-state index contributed by atoms with van der Waals surface area (Å²) >= 11 is 0. The number of halogens is 2. The first-order chi connectivity index (χ1) is 7.00. The van der Waals surface area contributed by atoms with Crippen molar-refractivity contribution < 1.29 is 8.78 Å². The van der Waals surface area contributed by atoms with Gasteiger partial charge in [0.2, 0.25) is 0 Å². The van der Waals surface area contributed by atoms with E-state index in [0.717, 1.165) is 4.68 Å². The van der Waals surface area contributed by atoms with Crippen LogP contribution in [0.3, 0.4) is 0 Å². The van der Waals surface area contributed by atoms with Crippen LogP contribution in [0.2, 0.25) is 0 Å². The minimum Gasteiger partial charge on any atom is -0.285 e. The molecule has 15 heavy (non-hydrogen) atoms. The fourth-order valence-electron chi connectivity index (χ4n) is 1.98. The highest BCUT2D eigenvalue weighted by molar-refractivity contribution is 4.84. The summed E-state index contributed by atoms with van der Waals surface area (Å²) in [4.78, 5) is 11.4. The molecule has 0 radical (unpaired) electrons. The molecular weight excluding hydrogens is 204 g/mol. The van der Waals surface area contributed by atoms with Crippen molar-refractivity contribution in [3.63, 3.8) is 0 Å². The van der Waals surface area contributed by atoms with Crippen LogP contribution in [-0.4, -0.2) is 20.3 Å². The Kier molecular flexibility index (Phi) is 2.36. The predicted octanol–water partition coefficient (Wildman–Crippen LogP) is 1.02. The molecule has 0 amide bonds. The summed E-state index contributed by atoms with van der Waals surface area (Å²) in [6.45, 7) is 0.0205.